The fraction of sp³-hybridized carbons (Fsp3) is 0.583. The fourth-order valence-electron chi connectivity index (χ4n) is 1.66. The number of nitrogens with zero attached hydrogens (tertiary/aromatic N) is 1. The standard InChI is InChI=1S/C12H18N2O2/c1-9(13)11-2-3-12(14-6-11)16-8-10-4-5-15-7-10/h2-3,6,9-10H,4-5,7-8,13H2,1H3/t9-,10?/m0/s1. The van der Waals surface area contributed by atoms with Crippen LogP contribution in [0, 0.1) is 5.92 Å². The van der Waals surface area contributed by atoms with Crippen molar-refractivity contribution < 1.29 is 9.47 Å². The second-order valence-electron chi connectivity index (χ2n) is 4.26. The zero-order chi connectivity index (χ0) is 11.4. The summed E-state index contributed by atoms with van der Waals surface area (Å²) >= 11 is 0. The topological polar surface area (TPSA) is 57.4 Å². The summed E-state index contributed by atoms with van der Waals surface area (Å²) in [5, 5.41) is 0. The van der Waals surface area contributed by atoms with E-state index in [0.29, 0.717) is 18.4 Å². The molecular formula is C12H18N2O2. The van der Waals surface area contributed by atoms with Crippen molar-refractivity contribution >= 4 is 0 Å². The van der Waals surface area contributed by atoms with E-state index < -0.39 is 0 Å². The first kappa shape index (κ1) is 11.4. The molecule has 1 aliphatic heterocycles. The molecule has 0 aromatic carbocycles. The molecule has 1 saturated heterocycles. The molecule has 4 nitrogen and oxygen atoms in total. The highest BCUT2D eigenvalue weighted by molar-refractivity contribution is 5.19. The van der Waals surface area contributed by atoms with Gasteiger partial charge in [0.25, 0.3) is 0 Å². The van der Waals surface area contributed by atoms with Gasteiger partial charge in [-0.25, -0.2) is 4.98 Å². The van der Waals surface area contributed by atoms with Crippen LogP contribution in [0.2, 0.25) is 0 Å². The predicted molar refractivity (Wildman–Crippen MR) is 61.3 cm³/mol. The highest BCUT2D eigenvalue weighted by Crippen LogP contribution is 2.16. The van der Waals surface area contributed by atoms with Gasteiger partial charge in [-0.3, -0.25) is 0 Å². The zero-order valence-electron chi connectivity index (χ0n) is 9.56. The van der Waals surface area contributed by atoms with Gasteiger partial charge in [0.2, 0.25) is 5.88 Å². The lowest BCUT2D eigenvalue weighted by molar-refractivity contribution is 0.165. The second-order valence-corrected chi connectivity index (χ2v) is 4.26. The summed E-state index contributed by atoms with van der Waals surface area (Å²) in [4.78, 5) is 4.22. The Kier molecular flexibility index (Phi) is 3.74. The summed E-state index contributed by atoms with van der Waals surface area (Å²) in [6.07, 6.45) is 2.85. The van der Waals surface area contributed by atoms with Crippen molar-refractivity contribution in [2.24, 2.45) is 11.7 Å². The van der Waals surface area contributed by atoms with Crippen molar-refractivity contribution in [1.29, 1.82) is 0 Å². The molecule has 1 aromatic rings. The van der Waals surface area contributed by atoms with Crippen LogP contribution in [0.1, 0.15) is 24.9 Å². The number of aromatic nitrogens is 1. The summed E-state index contributed by atoms with van der Waals surface area (Å²) in [5.74, 6) is 1.17. The largest absolute Gasteiger partial charge is 0.477 e. The van der Waals surface area contributed by atoms with E-state index in [9.17, 15) is 0 Å². The van der Waals surface area contributed by atoms with E-state index >= 15 is 0 Å². The molecule has 16 heavy (non-hydrogen) atoms. The molecular weight excluding hydrogens is 204 g/mol. The molecule has 88 valence electrons. The van der Waals surface area contributed by atoms with Crippen molar-refractivity contribution in [2.75, 3.05) is 19.8 Å². The Morgan fingerprint density at radius 3 is 3.06 bits per heavy atom. The smallest absolute Gasteiger partial charge is 0.213 e. The molecule has 1 aliphatic rings. The third kappa shape index (κ3) is 2.93. The molecule has 0 aliphatic carbocycles. The Balaban J connectivity index is 1.84. The minimum Gasteiger partial charge on any atom is -0.477 e. The lowest BCUT2D eigenvalue weighted by Crippen LogP contribution is -2.12. The van der Waals surface area contributed by atoms with Gasteiger partial charge in [-0.05, 0) is 18.9 Å². The molecule has 2 N–H and O–H groups in total. The average molecular weight is 222 g/mol. The van der Waals surface area contributed by atoms with Crippen molar-refractivity contribution in [3.8, 4) is 5.88 Å². The maximum absolute atomic E-state index is 5.74. The monoisotopic (exact) mass is 222 g/mol. The van der Waals surface area contributed by atoms with Gasteiger partial charge in [-0.1, -0.05) is 6.07 Å². The Morgan fingerprint density at radius 2 is 2.50 bits per heavy atom. The Morgan fingerprint density at radius 1 is 1.62 bits per heavy atom. The van der Waals surface area contributed by atoms with E-state index in [4.69, 9.17) is 15.2 Å². The molecule has 1 fully saturated rings. The number of rotatable bonds is 4. The molecule has 4 heteroatoms. The van der Waals surface area contributed by atoms with Crippen LogP contribution >= 0.6 is 0 Å². The summed E-state index contributed by atoms with van der Waals surface area (Å²) < 4.78 is 10.9. The van der Waals surface area contributed by atoms with Crippen LogP contribution in [-0.2, 0) is 4.74 Å². The van der Waals surface area contributed by atoms with Gasteiger partial charge < -0.3 is 15.2 Å². The molecule has 0 amide bonds. The van der Waals surface area contributed by atoms with E-state index in [1.807, 2.05) is 19.1 Å². The van der Waals surface area contributed by atoms with Crippen molar-refractivity contribution in [1.82, 2.24) is 4.98 Å². The third-order valence-electron chi connectivity index (χ3n) is 2.78. The first-order valence-corrected chi connectivity index (χ1v) is 5.68. The molecule has 0 spiro atoms. The minimum atomic E-state index is 0.0183. The average Bonchev–Trinajstić information content (AvgIpc) is 2.80. The maximum Gasteiger partial charge on any atom is 0.213 e. The SMILES string of the molecule is C[C@H](N)c1ccc(OCC2CCOC2)nc1. The first-order chi connectivity index (χ1) is 7.75. The predicted octanol–water partition coefficient (Wildman–Crippen LogP) is 1.52. The van der Waals surface area contributed by atoms with Gasteiger partial charge in [-0.15, -0.1) is 0 Å². The van der Waals surface area contributed by atoms with E-state index in [0.717, 1.165) is 25.2 Å². The first-order valence-electron chi connectivity index (χ1n) is 5.68. The van der Waals surface area contributed by atoms with Crippen molar-refractivity contribution in [2.45, 2.75) is 19.4 Å². The normalized spacial score (nSPS) is 22.0. The zero-order valence-corrected chi connectivity index (χ0v) is 9.56. The van der Waals surface area contributed by atoms with E-state index in [1.165, 1.54) is 0 Å². The molecule has 2 atom stereocenters. The number of hydrogen-bond acceptors (Lipinski definition) is 4. The lowest BCUT2D eigenvalue weighted by Gasteiger charge is -2.10. The van der Waals surface area contributed by atoms with Gasteiger partial charge >= 0.3 is 0 Å². The molecule has 0 saturated carbocycles. The number of pyridine rings is 1. The molecule has 2 rings (SSSR count). The van der Waals surface area contributed by atoms with Crippen LogP contribution in [0.25, 0.3) is 0 Å². The van der Waals surface area contributed by atoms with Crippen LogP contribution < -0.4 is 10.5 Å². The molecule has 0 radical (unpaired) electrons. The highest BCUT2D eigenvalue weighted by Gasteiger charge is 2.16. The van der Waals surface area contributed by atoms with Gasteiger partial charge in [0.1, 0.15) is 0 Å². The summed E-state index contributed by atoms with van der Waals surface area (Å²) in [7, 11) is 0. The number of nitrogens with two attached hydrogens (primary N) is 1. The van der Waals surface area contributed by atoms with Crippen molar-refractivity contribution in [3.05, 3.63) is 23.9 Å². The third-order valence-corrected chi connectivity index (χ3v) is 2.78. The van der Waals surface area contributed by atoms with Gasteiger partial charge in [0.05, 0.1) is 13.2 Å². The van der Waals surface area contributed by atoms with Gasteiger partial charge in [0.15, 0.2) is 0 Å². The van der Waals surface area contributed by atoms with Gasteiger partial charge in [-0.2, -0.15) is 0 Å². The second kappa shape index (κ2) is 5.27. The van der Waals surface area contributed by atoms with Crippen LogP contribution in [0.5, 0.6) is 5.88 Å². The van der Waals surface area contributed by atoms with Gasteiger partial charge in [0, 0.05) is 30.8 Å². The summed E-state index contributed by atoms with van der Waals surface area (Å²) in [6.45, 7) is 4.28. The Hall–Kier alpha value is -1.13. The minimum absolute atomic E-state index is 0.0183. The van der Waals surface area contributed by atoms with Crippen LogP contribution in [0.3, 0.4) is 0 Å². The molecule has 1 unspecified atom stereocenters. The highest BCUT2D eigenvalue weighted by atomic mass is 16.5. The maximum atomic E-state index is 5.74. The summed E-state index contributed by atoms with van der Waals surface area (Å²) in [6, 6.07) is 3.84. The van der Waals surface area contributed by atoms with Crippen LogP contribution in [0.15, 0.2) is 18.3 Å². The molecule has 0 bridgehead atoms. The Bertz CT molecular complexity index is 318. The lowest BCUT2D eigenvalue weighted by atomic mass is 10.1. The van der Waals surface area contributed by atoms with Crippen LogP contribution in [-0.4, -0.2) is 24.8 Å². The summed E-state index contributed by atoms with van der Waals surface area (Å²) in [5.41, 5.74) is 6.76. The fourth-order valence-corrected chi connectivity index (χ4v) is 1.66. The molecule has 2 heterocycles. The Labute approximate surface area is 95.8 Å². The van der Waals surface area contributed by atoms with Crippen molar-refractivity contribution in [3.63, 3.8) is 0 Å². The number of ether oxygens (including phenoxy) is 2. The molecule has 1 aromatic heterocycles. The van der Waals surface area contributed by atoms with E-state index in [1.54, 1.807) is 6.20 Å². The van der Waals surface area contributed by atoms with E-state index in [-0.39, 0.29) is 6.04 Å². The van der Waals surface area contributed by atoms with E-state index in [2.05, 4.69) is 4.98 Å². The quantitative estimate of drug-likeness (QED) is 0.839. The number of hydrogen-bond donors (Lipinski definition) is 1. The van der Waals surface area contributed by atoms with Crippen LogP contribution in [0.4, 0.5) is 0 Å².